The number of nitrogens with zero attached hydrogens (tertiary/aromatic N) is 8. The van der Waals surface area contributed by atoms with Crippen LogP contribution in [0.2, 0.25) is 0 Å². The minimum absolute atomic E-state index is 0.477. The molecule has 8 heteroatoms. The summed E-state index contributed by atoms with van der Waals surface area (Å²) in [5.74, 6) is 2.77. The molecule has 0 saturated heterocycles. The monoisotopic (exact) mass is 556 g/mol. The molecule has 8 rings (SSSR count). The van der Waals surface area contributed by atoms with Crippen LogP contribution in [0.25, 0.3) is 68.5 Å². The molecule has 204 valence electrons. The highest BCUT2D eigenvalue weighted by Gasteiger charge is 2.22. The molecule has 0 saturated carbocycles. The van der Waals surface area contributed by atoms with Crippen molar-refractivity contribution in [2.24, 2.45) is 0 Å². The van der Waals surface area contributed by atoms with Crippen LogP contribution in [0, 0.1) is 0 Å². The molecule has 4 heterocycles. The van der Waals surface area contributed by atoms with Crippen LogP contribution in [0.4, 0.5) is 0 Å². The van der Waals surface area contributed by atoms with Gasteiger partial charge in [-0.2, -0.15) is 9.97 Å². The first-order valence-electron chi connectivity index (χ1n) is 14.1. The Labute approximate surface area is 247 Å². The first-order chi connectivity index (χ1) is 21.3. The van der Waals surface area contributed by atoms with Gasteiger partial charge in [0.15, 0.2) is 23.3 Å². The SMILES string of the molecule is C1=Cc2c(n(-c3nc(-c4cnc(-c5ccccc5)nc4)nc(-c4cnc(-c5ccccc5)nc4)n3)c3ccccc23)CC1. The van der Waals surface area contributed by atoms with Crippen molar-refractivity contribution in [2.75, 3.05) is 0 Å². The number of hydrogen-bond acceptors (Lipinski definition) is 7. The van der Waals surface area contributed by atoms with Gasteiger partial charge in [0.2, 0.25) is 5.95 Å². The summed E-state index contributed by atoms with van der Waals surface area (Å²) in [6.07, 6.45) is 13.3. The molecule has 3 aromatic carbocycles. The summed E-state index contributed by atoms with van der Waals surface area (Å²) in [6.45, 7) is 0. The van der Waals surface area contributed by atoms with Crippen molar-refractivity contribution in [2.45, 2.75) is 12.8 Å². The molecule has 0 aliphatic heterocycles. The minimum atomic E-state index is 0.477. The van der Waals surface area contributed by atoms with Crippen LogP contribution >= 0.6 is 0 Å². The third-order valence-electron chi connectivity index (χ3n) is 7.56. The van der Waals surface area contributed by atoms with Gasteiger partial charge in [0.1, 0.15) is 0 Å². The van der Waals surface area contributed by atoms with Gasteiger partial charge >= 0.3 is 0 Å². The van der Waals surface area contributed by atoms with E-state index in [0.717, 1.165) is 29.5 Å². The van der Waals surface area contributed by atoms with E-state index in [9.17, 15) is 0 Å². The van der Waals surface area contributed by atoms with Crippen molar-refractivity contribution in [3.05, 3.63) is 127 Å². The molecule has 1 aliphatic rings. The summed E-state index contributed by atoms with van der Waals surface area (Å²) in [5.41, 5.74) is 6.71. The first-order valence-corrected chi connectivity index (χ1v) is 14.1. The summed E-state index contributed by atoms with van der Waals surface area (Å²) in [7, 11) is 0. The molecule has 0 radical (unpaired) electrons. The summed E-state index contributed by atoms with van der Waals surface area (Å²) in [5, 5.41) is 1.17. The van der Waals surface area contributed by atoms with Crippen molar-refractivity contribution in [1.82, 2.24) is 39.5 Å². The molecule has 7 aromatic rings. The number of benzene rings is 3. The zero-order valence-corrected chi connectivity index (χ0v) is 23.0. The van der Waals surface area contributed by atoms with Crippen LogP contribution in [-0.2, 0) is 6.42 Å². The van der Waals surface area contributed by atoms with Gasteiger partial charge in [0.05, 0.1) is 16.6 Å². The molecule has 4 aromatic heterocycles. The Morgan fingerprint density at radius 3 is 1.63 bits per heavy atom. The molecule has 43 heavy (non-hydrogen) atoms. The van der Waals surface area contributed by atoms with Crippen molar-refractivity contribution in [3.63, 3.8) is 0 Å². The third kappa shape index (κ3) is 4.55. The van der Waals surface area contributed by atoms with Crippen LogP contribution in [0.5, 0.6) is 0 Å². The van der Waals surface area contributed by atoms with Gasteiger partial charge in [-0.15, -0.1) is 0 Å². The standard InChI is InChI=1S/C35H24N8/c1-3-11-23(12-4-1)31-36-19-25(20-37-31)33-40-34(26-21-38-32(39-22-26)24-13-5-2-6-14-24)42-35(41-33)43-29-17-9-7-15-27(29)28-16-8-10-18-30(28)43/h1-9,11-17,19-22H,10,18H2. The van der Waals surface area contributed by atoms with E-state index in [0.29, 0.717) is 40.4 Å². The second-order valence-corrected chi connectivity index (χ2v) is 10.3. The van der Waals surface area contributed by atoms with Crippen LogP contribution in [0.1, 0.15) is 17.7 Å². The highest BCUT2D eigenvalue weighted by atomic mass is 15.2. The smallest absolute Gasteiger partial charge is 0.238 e. The Kier molecular flexibility index (Phi) is 6.07. The van der Waals surface area contributed by atoms with E-state index in [4.69, 9.17) is 15.0 Å². The second kappa shape index (κ2) is 10.5. The highest BCUT2D eigenvalue weighted by Crippen LogP contribution is 2.34. The quantitative estimate of drug-likeness (QED) is 0.225. The number of fused-ring (bicyclic) bond motifs is 3. The lowest BCUT2D eigenvalue weighted by Crippen LogP contribution is -2.10. The molecule has 8 nitrogen and oxygen atoms in total. The van der Waals surface area contributed by atoms with Gasteiger partial charge in [-0.25, -0.2) is 24.9 Å². The summed E-state index contributed by atoms with van der Waals surface area (Å²) >= 11 is 0. The number of allylic oxidation sites excluding steroid dienone is 1. The number of para-hydroxylation sites is 1. The van der Waals surface area contributed by atoms with Crippen LogP contribution in [0.15, 0.2) is 116 Å². The maximum absolute atomic E-state index is 4.99. The van der Waals surface area contributed by atoms with Crippen molar-refractivity contribution in [3.8, 4) is 51.5 Å². The molecule has 0 unspecified atom stereocenters. The van der Waals surface area contributed by atoms with Crippen LogP contribution < -0.4 is 0 Å². The lowest BCUT2D eigenvalue weighted by atomic mass is 10.0. The summed E-state index contributed by atoms with van der Waals surface area (Å²) in [6, 6.07) is 28.2. The predicted octanol–water partition coefficient (Wildman–Crippen LogP) is 7.02. The number of rotatable bonds is 5. The first kappa shape index (κ1) is 24.9. The summed E-state index contributed by atoms with van der Waals surface area (Å²) < 4.78 is 2.15. The molecule has 0 N–H and O–H groups in total. The fraction of sp³-hybridized carbons (Fsp3) is 0.0571. The minimum Gasteiger partial charge on any atom is -0.282 e. The van der Waals surface area contributed by atoms with Gasteiger partial charge in [0.25, 0.3) is 0 Å². The van der Waals surface area contributed by atoms with E-state index in [1.54, 1.807) is 24.8 Å². The normalized spacial score (nSPS) is 12.4. The average Bonchev–Trinajstić information content (AvgIpc) is 3.43. The van der Waals surface area contributed by atoms with Crippen molar-refractivity contribution >= 4 is 17.0 Å². The highest BCUT2D eigenvalue weighted by molar-refractivity contribution is 5.93. The number of aromatic nitrogens is 8. The molecule has 1 aliphatic carbocycles. The molecule has 0 fully saturated rings. The molecule has 0 amide bonds. The van der Waals surface area contributed by atoms with Crippen molar-refractivity contribution in [1.29, 1.82) is 0 Å². The molecule has 0 spiro atoms. The predicted molar refractivity (Wildman–Crippen MR) is 167 cm³/mol. The van der Waals surface area contributed by atoms with Crippen LogP contribution in [-0.4, -0.2) is 39.5 Å². The van der Waals surface area contributed by atoms with E-state index in [1.165, 1.54) is 16.6 Å². The maximum Gasteiger partial charge on any atom is 0.238 e. The molecular formula is C35H24N8. The van der Waals surface area contributed by atoms with E-state index in [1.807, 2.05) is 66.7 Å². The van der Waals surface area contributed by atoms with Crippen molar-refractivity contribution < 1.29 is 0 Å². The van der Waals surface area contributed by atoms with Gasteiger partial charge in [-0.1, -0.05) is 91.0 Å². The van der Waals surface area contributed by atoms with Gasteiger partial charge in [-0.05, 0) is 18.9 Å². The second-order valence-electron chi connectivity index (χ2n) is 10.3. The van der Waals surface area contributed by atoms with E-state index in [-0.39, 0.29) is 0 Å². The topological polar surface area (TPSA) is 95.2 Å². The fourth-order valence-corrected chi connectivity index (χ4v) is 5.48. The molecule has 0 bridgehead atoms. The largest absolute Gasteiger partial charge is 0.282 e. The zero-order chi connectivity index (χ0) is 28.6. The Morgan fingerprint density at radius 1 is 0.512 bits per heavy atom. The molecular weight excluding hydrogens is 532 g/mol. The maximum atomic E-state index is 4.99. The van der Waals surface area contributed by atoms with E-state index < -0.39 is 0 Å². The summed E-state index contributed by atoms with van der Waals surface area (Å²) in [4.78, 5) is 33.4. The Bertz CT molecular complexity index is 2000. The Morgan fingerprint density at radius 2 is 1.05 bits per heavy atom. The van der Waals surface area contributed by atoms with Gasteiger partial charge in [-0.3, -0.25) is 4.57 Å². The third-order valence-corrected chi connectivity index (χ3v) is 7.56. The Hall–Kier alpha value is -5.89. The molecule has 0 atom stereocenters. The van der Waals surface area contributed by atoms with Crippen LogP contribution in [0.3, 0.4) is 0 Å². The van der Waals surface area contributed by atoms with E-state index in [2.05, 4.69) is 54.9 Å². The average molecular weight is 557 g/mol. The zero-order valence-electron chi connectivity index (χ0n) is 23.0. The lowest BCUT2D eigenvalue weighted by Gasteiger charge is -2.14. The fourth-order valence-electron chi connectivity index (χ4n) is 5.48. The van der Waals surface area contributed by atoms with E-state index >= 15 is 0 Å². The Balaban J connectivity index is 1.29. The van der Waals surface area contributed by atoms with Gasteiger partial charge < -0.3 is 0 Å². The number of hydrogen-bond donors (Lipinski definition) is 0. The lowest BCUT2D eigenvalue weighted by molar-refractivity contribution is 0.838. The van der Waals surface area contributed by atoms with Gasteiger partial charge in [0, 0.05) is 52.6 Å².